The Kier molecular flexibility index (Phi) is 5.05. The summed E-state index contributed by atoms with van der Waals surface area (Å²) in [4.78, 5) is 0. The van der Waals surface area contributed by atoms with Crippen LogP contribution in [0.25, 0.3) is 0 Å². The second kappa shape index (κ2) is 5.63. The highest BCUT2D eigenvalue weighted by molar-refractivity contribution is 9.11. The Morgan fingerprint density at radius 1 is 1.60 bits per heavy atom. The maximum absolute atomic E-state index is 11.8. The summed E-state index contributed by atoms with van der Waals surface area (Å²) in [6.45, 7) is 1.89. The average molecular weight is 333 g/mol. The highest BCUT2D eigenvalue weighted by Crippen LogP contribution is 2.26. The van der Waals surface area contributed by atoms with Crippen molar-refractivity contribution < 1.29 is 8.42 Å². The van der Waals surface area contributed by atoms with Crippen LogP contribution in [0.2, 0.25) is 0 Å². The number of nitrogens with one attached hydrogen (secondary N) is 1. The van der Waals surface area contributed by atoms with Crippen molar-refractivity contribution in [1.29, 1.82) is 0 Å². The highest BCUT2D eigenvalue weighted by atomic mass is 79.9. The summed E-state index contributed by atoms with van der Waals surface area (Å²) in [6.07, 6.45) is 0.676. The number of rotatable bonds is 5. The van der Waals surface area contributed by atoms with Crippen LogP contribution in [-0.2, 0) is 10.0 Å². The second-order valence-electron chi connectivity index (χ2n) is 2.94. The summed E-state index contributed by atoms with van der Waals surface area (Å²) in [5.74, 6) is 0.280. The minimum Gasteiger partial charge on any atom is -0.206 e. The van der Waals surface area contributed by atoms with E-state index in [0.717, 1.165) is 3.79 Å². The lowest BCUT2D eigenvalue weighted by molar-refractivity contribution is 0.559. The molecule has 0 saturated carbocycles. The van der Waals surface area contributed by atoms with Crippen LogP contribution >= 0.6 is 38.9 Å². The fraction of sp³-hybridized carbons (Fsp3) is 0.500. The van der Waals surface area contributed by atoms with Gasteiger partial charge in [0.05, 0.1) is 3.79 Å². The third-order valence-electron chi connectivity index (χ3n) is 1.81. The molecule has 0 bridgehead atoms. The van der Waals surface area contributed by atoms with E-state index in [-0.39, 0.29) is 11.9 Å². The molecule has 3 nitrogen and oxygen atoms in total. The Morgan fingerprint density at radius 2 is 2.27 bits per heavy atom. The lowest BCUT2D eigenvalue weighted by Gasteiger charge is -2.12. The Labute approximate surface area is 107 Å². The van der Waals surface area contributed by atoms with Crippen LogP contribution in [-0.4, -0.2) is 20.3 Å². The van der Waals surface area contributed by atoms with Crippen molar-refractivity contribution in [3.05, 3.63) is 15.9 Å². The van der Waals surface area contributed by atoms with Crippen molar-refractivity contribution in [3.8, 4) is 0 Å². The number of thiophene rings is 1. The quantitative estimate of drug-likeness (QED) is 0.843. The molecule has 0 saturated heterocycles. The van der Waals surface area contributed by atoms with E-state index in [1.165, 1.54) is 11.3 Å². The molecule has 0 spiro atoms. The normalized spacial score (nSPS) is 14.1. The standard InChI is InChI=1S/C8H11BrClNO2S2/c1-2-6(5-10)11-15(12,13)8-4-3-7(9)14-8/h3-4,6,11H,2,5H2,1H3. The van der Waals surface area contributed by atoms with Gasteiger partial charge in [0.25, 0.3) is 0 Å². The molecule has 0 aliphatic heterocycles. The molecule has 1 N–H and O–H groups in total. The maximum atomic E-state index is 11.8. The predicted molar refractivity (Wildman–Crippen MR) is 67.1 cm³/mol. The zero-order valence-electron chi connectivity index (χ0n) is 8.04. The zero-order chi connectivity index (χ0) is 11.5. The van der Waals surface area contributed by atoms with Crippen molar-refractivity contribution in [3.63, 3.8) is 0 Å². The molecule has 1 rings (SSSR count). The smallest absolute Gasteiger partial charge is 0.206 e. The Hall–Kier alpha value is 0.380. The highest BCUT2D eigenvalue weighted by Gasteiger charge is 2.19. The lowest BCUT2D eigenvalue weighted by atomic mass is 10.3. The molecule has 1 heterocycles. The molecule has 0 aromatic carbocycles. The van der Waals surface area contributed by atoms with Crippen LogP contribution < -0.4 is 4.72 Å². The van der Waals surface area contributed by atoms with E-state index in [1.54, 1.807) is 12.1 Å². The number of hydrogen-bond donors (Lipinski definition) is 1. The van der Waals surface area contributed by atoms with Gasteiger partial charge in [-0.3, -0.25) is 0 Å². The summed E-state index contributed by atoms with van der Waals surface area (Å²) in [6, 6.07) is 3.07. The summed E-state index contributed by atoms with van der Waals surface area (Å²) in [5, 5.41) is 0. The van der Waals surface area contributed by atoms with Gasteiger partial charge in [0.15, 0.2) is 0 Å². The minimum atomic E-state index is -3.41. The Bertz CT molecular complexity index is 414. The molecule has 0 amide bonds. The van der Waals surface area contributed by atoms with Gasteiger partial charge in [-0.2, -0.15) is 0 Å². The van der Waals surface area contributed by atoms with Crippen LogP contribution in [0.15, 0.2) is 20.1 Å². The molecule has 86 valence electrons. The van der Waals surface area contributed by atoms with E-state index in [9.17, 15) is 8.42 Å². The van der Waals surface area contributed by atoms with Crippen LogP contribution in [0.4, 0.5) is 0 Å². The Morgan fingerprint density at radius 3 is 2.67 bits per heavy atom. The molecule has 1 unspecified atom stereocenters. The van der Waals surface area contributed by atoms with E-state index in [0.29, 0.717) is 10.6 Å². The van der Waals surface area contributed by atoms with Crippen LogP contribution in [0.1, 0.15) is 13.3 Å². The molecule has 0 radical (unpaired) electrons. The molecule has 1 aromatic rings. The summed E-state index contributed by atoms with van der Waals surface area (Å²) in [5.41, 5.74) is 0. The third-order valence-corrected chi connectivity index (χ3v) is 5.82. The molecule has 0 fully saturated rings. The topological polar surface area (TPSA) is 46.2 Å². The SMILES string of the molecule is CCC(CCl)NS(=O)(=O)c1ccc(Br)s1. The van der Waals surface area contributed by atoms with Gasteiger partial charge in [-0.25, -0.2) is 13.1 Å². The number of hydrogen-bond acceptors (Lipinski definition) is 3. The van der Waals surface area contributed by atoms with Gasteiger partial charge in [0.1, 0.15) is 4.21 Å². The van der Waals surface area contributed by atoms with Gasteiger partial charge in [0, 0.05) is 11.9 Å². The van der Waals surface area contributed by atoms with Crippen molar-refractivity contribution in [2.75, 3.05) is 5.88 Å². The lowest BCUT2D eigenvalue weighted by Crippen LogP contribution is -2.35. The number of sulfonamides is 1. The van der Waals surface area contributed by atoms with E-state index in [1.807, 2.05) is 6.92 Å². The van der Waals surface area contributed by atoms with Gasteiger partial charge in [-0.05, 0) is 34.5 Å². The second-order valence-corrected chi connectivity index (χ2v) is 7.65. The summed E-state index contributed by atoms with van der Waals surface area (Å²) in [7, 11) is -3.41. The number of alkyl halides is 1. The fourth-order valence-corrected chi connectivity index (χ4v) is 4.68. The van der Waals surface area contributed by atoms with Crippen molar-refractivity contribution in [2.45, 2.75) is 23.6 Å². The summed E-state index contributed by atoms with van der Waals surface area (Å²) >= 11 is 10.0. The largest absolute Gasteiger partial charge is 0.250 e. The maximum Gasteiger partial charge on any atom is 0.250 e. The van der Waals surface area contributed by atoms with Crippen molar-refractivity contribution in [2.24, 2.45) is 0 Å². The molecular weight excluding hydrogens is 322 g/mol. The first kappa shape index (κ1) is 13.4. The van der Waals surface area contributed by atoms with Crippen molar-refractivity contribution in [1.82, 2.24) is 4.72 Å². The third kappa shape index (κ3) is 3.71. The fourth-order valence-electron chi connectivity index (χ4n) is 0.944. The first-order chi connectivity index (χ1) is 6.99. The zero-order valence-corrected chi connectivity index (χ0v) is 12.0. The van der Waals surface area contributed by atoms with E-state index >= 15 is 0 Å². The van der Waals surface area contributed by atoms with Gasteiger partial charge in [0.2, 0.25) is 10.0 Å². The first-order valence-corrected chi connectivity index (χ1v) is 7.96. The molecule has 1 atom stereocenters. The molecular formula is C8H11BrClNO2S2. The molecule has 0 aliphatic rings. The van der Waals surface area contributed by atoms with Gasteiger partial charge < -0.3 is 0 Å². The summed E-state index contributed by atoms with van der Waals surface area (Å²) < 4.78 is 27.2. The monoisotopic (exact) mass is 331 g/mol. The van der Waals surface area contributed by atoms with Gasteiger partial charge >= 0.3 is 0 Å². The number of halogens is 2. The molecule has 15 heavy (non-hydrogen) atoms. The van der Waals surface area contributed by atoms with Crippen LogP contribution in [0, 0.1) is 0 Å². The van der Waals surface area contributed by atoms with Gasteiger partial charge in [-0.15, -0.1) is 22.9 Å². The van der Waals surface area contributed by atoms with Crippen LogP contribution in [0.5, 0.6) is 0 Å². The van der Waals surface area contributed by atoms with E-state index in [4.69, 9.17) is 11.6 Å². The Balaban J connectivity index is 2.84. The average Bonchev–Trinajstić information content (AvgIpc) is 2.62. The minimum absolute atomic E-state index is 0.211. The molecule has 0 aliphatic carbocycles. The van der Waals surface area contributed by atoms with Crippen molar-refractivity contribution >= 4 is 48.9 Å². The van der Waals surface area contributed by atoms with Gasteiger partial charge in [-0.1, -0.05) is 6.92 Å². The predicted octanol–water partition coefficient (Wildman–Crippen LogP) is 2.81. The van der Waals surface area contributed by atoms with E-state index in [2.05, 4.69) is 20.7 Å². The van der Waals surface area contributed by atoms with Crippen LogP contribution in [0.3, 0.4) is 0 Å². The first-order valence-electron chi connectivity index (χ1n) is 4.33. The molecule has 1 aromatic heterocycles. The van der Waals surface area contributed by atoms with E-state index < -0.39 is 10.0 Å². The molecule has 7 heteroatoms.